The predicted octanol–water partition coefficient (Wildman–Crippen LogP) is 3.73. The summed E-state index contributed by atoms with van der Waals surface area (Å²) in [5.41, 5.74) is 1.05. The minimum atomic E-state index is -0.750. The van der Waals surface area contributed by atoms with Gasteiger partial charge in [0, 0.05) is 5.69 Å². The van der Waals surface area contributed by atoms with E-state index in [1.54, 1.807) is 19.9 Å². The number of furan rings is 1. The molecule has 3 rings (SSSR count). The second kappa shape index (κ2) is 5.22. The van der Waals surface area contributed by atoms with Gasteiger partial charge < -0.3 is 4.42 Å². The van der Waals surface area contributed by atoms with Gasteiger partial charge in [-0.15, -0.1) is 0 Å². The molecule has 0 spiro atoms. The maximum Gasteiger partial charge on any atom is 0.314 e. The van der Waals surface area contributed by atoms with Crippen LogP contribution < -0.4 is 0 Å². The molecule has 0 aliphatic carbocycles. The van der Waals surface area contributed by atoms with Gasteiger partial charge in [0.2, 0.25) is 0 Å². The van der Waals surface area contributed by atoms with Crippen molar-refractivity contribution in [2.75, 3.05) is 0 Å². The molecule has 2 heterocycles. The lowest BCUT2D eigenvalue weighted by molar-refractivity contribution is 0.0915. The Labute approximate surface area is 125 Å². The molecule has 0 atom stereocenters. The molecule has 0 amide bonds. The number of hydrogen-bond acceptors (Lipinski definition) is 3. The van der Waals surface area contributed by atoms with E-state index >= 15 is 0 Å². The molecule has 1 aromatic carbocycles. The highest BCUT2D eigenvalue weighted by atomic mass is 19.1. The number of halogens is 2. The van der Waals surface area contributed by atoms with Crippen molar-refractivity contribution in [2.24, 2.45) is 0 Å². The van der Waals surface area contributed by atoms with Crippen LogP contribution in [0.25, 0.3) is 11.3 Å². The first-order valence-corrected chi connectivity index (χ1v) is 6.59. The zero-order chi connectivity index (χ0) is 15.9. The molecule has 0 aliphatic heterocycles. The monoisotopic (exact) mass is 302 g/mol. The molecule has 0 unspecified atom stereocenters. The number of nitrogens with zero attached hydrogens (tertiary/aromatic N) is 2. The number of aromatic nitrogens is 2. The SMILES string of the molecule is Cc1cc(C)n(C(=O)c2ccc(-c3c(F)cccc3F)o2)n1. The van der Waals surface area contributed by atoms with Gasteiger partial charge in [0.05, 0.1) is 11.3 Å². The minimum absolute atomic E-state index is 0.0381. The fourth-order valence-corrected chi connectivity index (χ4v) is 2.26. The number of benzene rings is 1. The first-order valence-electron chi connectivity index (χ1n) is 6.59. The lowest BCUT2D eigenvalue weighted by Crippen LogP contribution is -2.14. The van der Waals surface area contributed by atoms with Crippen LogP contribution in [-0.4, -0.2) is 15.7 Å². The Kier molecular flexibility index (Phi) is 3.36. The number of carbonyl (C=O) groups excluding carboxylic acids is 1. The van der Waals surface area contributed by atoms with Crippen LogP contribution in [0.2, 0.25) is 0 Å². The average molecular weight is 302 g/mol. The van der Waals surface area contributed by atoms with Crippen LogP contribution in [-0.2, 0) is 0 Å². The van der Waals surface area contributed by atoms with Gasteiger partial charge in [0.25, 0.3) is 0 Å². The highest BCUT2D eigenvalue weighted by Gasteiger charge is 2.20. The lowest BCUT2D eigenvalue weighted by atomic mass is 10.1. The van der Waals surface area contributed by atoms with Crippen LogP contribution in [0.5, 0.6) is 0 Å². The van der Waals surface area contributed by atoms with Gasteiger partial charge >= 0.3 is 5.91 Å². The van der Waals surface area contributed by atoms with Crippen LogP contribution in [0.4, 0.5) is 8.78 Å². The second-order valence-corrected chi connectivity index (χ2v) is 4.90. The van der Waals surface area contributed by atoms with Crippen LogP contribution in [0.1, 0.15) is 21.9 Å². The molecule has 3 aromatic rings. The highest BCUT2D eigenvalue weighted by Crippen LogP contribution is 2.28. The zero-order valence-electron chi connectivity index (χ0n) is 11.9. The molecule has 0 N–H and O–H groups in total. The highest BCUT2D eigenvalue weighted by molar-refractivity contribution is 5.93. The second-order valence-electron chi connectivity index (χ2n) is 4.90. The molecule has 2 aromatic heterocycles. The Hall–Kier alpha value is -2.76. The van der Waals surface area contributed by atoms with E-state index in [9.17, 15) is 13.6 Å². The van der Waals surface area contributed by atoms with Crippen molar-refractivity contribution in [1.29, 1.82) is 0 Å². The third-order valence-electron chi connectivity index (χ3n) is 3.23. The number of aryl methyl sites for hydroxylation is 2. The van der Waals surface area contributed by atoms with E-state index in [1.165, 1.54) is 22.9 Å². The van der Waals surface area contributed by atoms with Crippen molar-refractivity contribution in [3.63, 3.8) is 0 Å². The summed E-state index contributed by atoms with van der Waals surface area (Å²) in [6, 6.07) is 8.00. The summed E-state index contributed by atoms with van der Waals surface area (Å²) < 4.78 is 34.0. The topological polar surface area (TPSA) is 48.0 Å². The Bertz CT molecular complexity index is 845. The van der Waals surface area contributed by atoms with Crippen molar-refractivity contribution in [3.8, 4) is 11.3 Å². The Balaban J connectivity index is 2.01. The molecule has 22 heavy (non-hydrogen) atoms. The molecular weight excluding hydrogens is 290 g/mol. The third-order valence-corrected chi connectivity index (χ3v) is 3.23. The fraction of sp³-hybridized carbons (Fsp3) is 0.125. The quantitative estimate of drug-likeness (QED) is 0.724. The Morgan fingerprint density at radius 3 is 2.41 bits per heavy atom. The van der Waals surface area contributed by atoms with Crippen molar-refractivity contribution in [1.82, 2.24) is 9.78 Å². The van der Waals surface area contributed by atoms with Gasteiger partial charge in [-0.25, -0.2) is 8.78 Å². The summed E-state index contributed by atoms with van der Waals surface area (Å²) in [4.78, 5) is 12.3. The van der Waals surface area contributed by atoms with E-state index in [0.717, 1.165) is 12.1 Å². The molecule has 0 radical (unpaired) electrons. The van der Waals surface area contributed by atoms with Crippen molar-refractivity contribution < 1.29 is 18.0 Å². The van der Waals surface area contributed by atoms with E-state index in [4.69, 9.17) is 4.42 Å². The molecule has 0 bridgehead atoms. The summed E-state index contributed by atoms with van der Waals surface area (Å²) in [5.74, 6) is -2.07. The average Bonchev–Trinajstić information content (AvgIpc) is 3.05. The van der Waals surface area contributed by atoms with E-state index in [2.05, 4.69) is 5.10 Å². The van der Waals surface area contributed by atoms with Gasteiger partial charge in [-0.1, -0.05) is 6.07 Å². The van der Waals surface area contributed by atoms with E-state index < -0.39 is 17.5 Å². The van der Waals surface area contributed by atoms with Crippen molar-refractivity contribution in [3.05, 3.63) is 65.2 Å². The maximum atomic E-state index is 13.7. The largest absolute Gasteiger partial charge is 0.451 e. The van der Waals surface area contributed by atoms with Gasteiger partial charge in [-0.2, -0.15) is 9.78 Å². The lowest BCUT2D eigenvalue weighted by Gasteiger charge is -2.02. The zero-order valence-corrected chi connectivity index (χ0v) is 11.9. The molecule has 4 nitrogen and oxygen atoms in total. The van der Waals surface area contributed by atoms with Crippen LogP contribution in [0.3, 0.4) is 0 Å². The van der Waals surface area contributed by atoms with Gasteiger partial charge in [-0.3, -0.25) is 4.79 Å². The normalized spacial score (nSPS) is 10.9. The first kappa shape index (κ1) is 14.2. The summed E-state index contributed by atoms with van der Waals surface area (Å²) in [6.07, 6.45) is 0. The third kappa shape index (κ3) is 2.32. The number of carbonyl (C=O) groups is 1. The molecule has 112 valence electrons. The summed E-state index contributed by atoms with van der Waals surface area (Å²) in [5, 5.41) is 4.06. The van der Waals surface area contributed by atoms with Crippen LogP contribution >= 0.6 is 0 Å². The molecule has 0 aliphatic rings. The Morgan fingerprint density at radius 1 is 1.14 bits per heavy atom. The first-order chi connectivity index (χ1) is 10.5. The van der Waals surface area contributed by atoms with Crippen molar-refractivity contribution >= 4 is 5.91 Å². The van der Waals surface area contributed by atoms with Crippen molar-refractivity contribution in [2.45, 2.75) is 13.8 Å². The van der Waals surface area contributed by atoms with E-state index in [0.29, 0.717) is 11.4 Å². The molecule has 0 saturated carbocycles. The Morgan fingerprint density at radius 2 is 1.82 bits per heavy atom. The predicted molar refractivity (Wildman–Crippen MR) is 75.5 cm³/mol. The standard InChI is InChI=1S/C16H12F2N2O2/c1-9-8-10(2)20(19-9)16(21)14-7-6-13(22-14)15-11(17)4-3-5-12(15)18/h3-8H,1-2H3. The van der Waals surface area contributed by atoms with Crippen LogP contribution in [0.15, 0.2) is 40.8 Å². The fourth-order valence-electron chi connectivity index (χ4n) is 2.26. The molecular formula is C16H12F2N2O2. The number of hydrogen-bond donors (Lipinski definition) is 0. The smallest absolute Gasteiger partial charge is 0.314 e. The molecule has 0 fully saturated rings. The molecule has 6 heteroatoms. The van der Waals surface area contributed by atoms with E-state index in [-0.39, 0.29) is 17.1 Å². The van der Waals surface area contributed by atoms with E-state index in [1.807, 2.05) is 0 Å². The summed E-state index contributed by atoms with van der Waals surface area (Å²) in [6.45, 7) is 3.50. The van der Waals surface area contributed by atoms with Gasteiger partial charge in [-0.05, 0) is 44.2 Å². The molecule has 0 saturated heterocycles. The maximum absolute atomic E-state index is 13.7. The van der Waals surface area contributed by atoms with Crippen LogP contribution in [0, 0.1) is 25.5 Å². The number of rotatable bonds is 2. The van der Waals surface area contributed by atoms with Gasteiger partial charge in [0.15, 0.2) is 5.76 Å². The minimum Gasteiger partial charge on any atom is -0.451 e. The van der Waals surface area contributed by atoms with Gasteiger partial charge in [0.1, 0.15) is 17.4 Å². The summed E-state index contributed by atoms with van der Waals surface area (Å²) in [7, 11) is 0. The summed E-state index contributed by atoms with van der Waals surface area (Å²) >= 11 is 0.